The Morgan fingerprint density at radius 2 is 1.79 bits per heavy atom. The molecule has 0 aliphatic rings. The topological polar surface area (TPSA) is 44.4 Å². The number of aryl methyl sites for hydroxylation is 1. The Bertz CT molecular complexity index is 991. The monoisotopic (exact) mass is 415 g/mol. The third kappa shape index (κ3) is 4.85. The van der Waals surface area contributed by atoms with E-state index in [1.807, 2.05) is 55.6 Å². The van der Waals surface area contributed by atoms with E-state index >= 15 is 0 Å². The SMILES string of the molecule is CNc1cc(NS(=O)c2cccc3c(Cl)cccc23)ccc1CCCN(C)C. The molecule has 0 spiro atoms. The van der Waals surface area contributed by atoms with Gasteiger partial charge in [0.15, 0.2) is 11.0 Å². The zero-order chi connectivity index (χ0) is 20.1. The van der Waals surface area contributed by atoms with Gasteiger partial charge in [0.1, 0.15) is 0 Å². The molecule has 1 unspecified atom stereocenters. The van der Waals surface area contributed by atoms with E-state index in [4.69, 9.17) is 11.6 Å². The van der Waals surface area contributed by atoms with Gasteiger partial charge in [-0.25, -0.2) is 4.21 Å². The molecule has 0 aliphatic carbocycles. The maximum Gasteiger partial charge on any atom is 0.150 e. The lowest BCUT2D eigenvalue weighted by Crippen LogP contribution is -2.13. The van der Waals surface area contributed by atoms with Crippen LogP contribution in [0.2, 0.25) is 5.02 Å². The fourth-order valence-electron chi connectivity index (χ4n) is 3.24. The highest BCUT2D eigenvalue weighted by Gasteiger charge is 2.11. The minimum absolute atomic E-state index is 0.663. The number of hydrogen-bond acceptors (Lipinski definition) is 3. The molecule has 148 valence electrons. The highest BCUT2D eigenvalue weighted by atomic mass is 35.5. The van der Waals surface area contributed by atoms with Crippen molar-refractivity contribution >= 4 is 44.7 Å². The van der Waals surface area contributed by atoms with Crippen LogP contribution < -0.4 is 10.0 Å². The average Bonchev–Trinajstić information content (AvgIpc) is 2.68. The average molecular weight is 416 g/mol. The first-order valence-electron chi connectivity index (χ1n) is 9.30. The van der Waals surface area contributed by atoms with Gasteiger partial charge >= 0.3 is 0 Å². The van der Waals surface area contributed by atoms with E-state index in [0.717, 1.165) is 46.4 Å². The number of halogens is 1. The minimum atomic E-state index is -1.39. The Labute approximate surface area is 174 Å². The maximum atomic E-state index is 13.0. The van der Waals surface area contributed by atoms with Crippen LogP contribution in [-0.4, -0.2) is 36.8 Å². The van der Waals surface area contributed by atoms with Crippen LogP contribution in [0.4, 0.5) is 11.4 Å². The first-order chi connectivity index (χ1) is 13.5. The Kier molecular flexibility index (Phi) is 6.94. The van der Waals surface area contributed by atoms with E-state index in [0.29, 0.717) is 5.02 Å². The van der Waals surface area contributed by atoms with Gasteiger partial charge in [0.25, 0.3) is 0 Å². The first kappa shape index (κ1) is 20.6. The number of hydrogen-bond donors (Lipinski definition) is 2. The second-order valence-electron chi connectivity index (χ2n) is 6.99. The van der Waals surface area contributed by atoms with Crippen LogP contribution in [0.5, 0.6) is 0 Å². The molecule has 4 nitrogen and oxygen atoms in total. The zero-order valence-electron chi connectivity index (χ0n) is 16.5. The molecule has 3 aromatic carbocycles. The predicted molar refractivity (Wildman–Crippen MR) is 122 cm³/mol. The van der Waals surface area contributed by atoms with Crippen LogP contribution in [0.3, 0.4) is 0 Å². The zero-order valence-corrected chi connectivity index (χ0v) is 18.0. The molecule has 3 aromatic rings. The second-order valence-corrected chi connectivity index (χ2v) is 8.58. The van der Waals surface area contributed by atoms with E-state index in [-0.39, 0.29) is 0 Å². The van der Waals surface area contributed by atoms with Gasteiger partial charge in [-0.3, -0.25) is 0 Å². The molecule has 0 aromatic heterocycles. The summed E-state index contributed by atoms with van der Waals surface area (Å²) in [5, 5.41) is 5.72. The Morgan fingerprint density at radius 1 is 1.04 bits per heavy atom. The van der Waals surface area contributed by atoms with Gasteiger partial charge in [0, 0.05) is 34.2 Å². The van der Waals surface area contributed by atoms with Gasteiger partial charge in [-0.05, 0) is 63.3 Å². The molecule has 28 heavy (non-hydrogen) atoms. The maximum absolute atomic E-state index is 13.0. The molecule has 2 N–H and O–H groups in total. The third-order valence-electron chi connectivity index (χ3n) is 4.67. The fourth-order valence-corrected chi connectivity index (χ4v) is 4.51. The van der Waals surface area contributed by atoms with Crippen molar-refractivity contribution in [1.82, 2.24) is 4.90 Å². The van der Waals surface area contributed by atoms with Crippen molar-refractivity contribution in [2.75, 3.05) is 37.7 Å². The van der Waals surface area contributed by atoms with Crippen molar-refractivity contribution in [2.24, 2.45) is 0 Å². The van der Waals surface area contributed by atoms with Gasteiger partial charge in [0.2, 0.25) is 0 Å². The normalized spacial score (nSPS) is 12.3. The van der Waals surface area contributed by atoms with E-state index in [2.05, 4.69) is 35.1 Å². The summed E-state index contributed by atoms with van der Waals surface area (Å²) in [4.78, 5) is 2.91. The third-order valence-corrected chi connectivity index (χ3v) is 6.18. The quantitative estimate of drug-likeness (QED) is 0.533. The Morgan fingerprint density at radius 3 is 2.54 bits per heavy atom. The largest absolute Gasteiger partial charge is 0.388 e. The molecule has 0 aliphatic heterocycles. The van der Waals surface area contributed by atoms with Crippen molar-refractivity contribution in [3.8, 4) is 0 Å². The summed E-state index contributed by atoms with van der Waals surface area (Å²) in [7, 11) is 4.70. The summed E-state index contributed by atoms with van der Waals surface area (Å²) in [6, 6.07) is 17.5. The first-order valence-corrected chi connectivity index (χ1v) is 10.8. The van der Waals surface area contributed by atoms with Crippen molar-refractivity contribution in [2.45, 2.75) is 17.7 Å². The van der Waals surface area contributed by atoms with Gasteiger partial charge in [0.05, 0.1) is 4.90 Å². The van der Waals surface area contributed by atoms with E-state index in [9.17, 15) is 4.21 Å². The van der Waals surface area contributed by atoms with Crippen molar-refractivity contribution in [3.63, 3.8) is 0 Å². The van der Waals surface area contributed by atoms with Crippen molar-refractivity contribution in [1.29, 1.82) is 0 Å². The summed E-state index contributed by atoms with van der Waals surface area (Å²) in [6.07, 6.45) is 2.09. The molecule has 0 fully saturated rings. The summed E-state index contributed by atoms with van der Waals surface area (Å²) >= 11 is 6.28. The van der Waals surface area contributed by atoms with E-state index in [1.54, 1.807) is 0 Å². The van der Waals surface area contributed by atoms with Crippen LogP contribution >= 0.6 is 11.6 Å². The lowest BCUT2D eigenvalue weighted by molar-refractivity contribution is 0.400. The summed E-state index contributed by atoms with van der Waals surface area (Å²) in [5.41, 5.74) is 3.14. The Balaban J connectivity index is 1.80. The van der Waals surface area contributed by atoms with Gasteiger partial charge in [-0.15, -0.1) is 0 Å². The molecule has 0 saturated carbocycles. The van der Waals surface area contributed by atoms with E-state index in [1.165, 1.54) is 5.56 Å². The van der Waals surface area contributed by atoms with Gasteiger partial charge in [-0.1, -0.05) is 41.9 Å². The number of nitrogens with zero attached hydrogens (tertiary/aromatic N) is 1. The molecule has 0 radical (unpaired) electrons. The van der Waals surface area contributed by atoms with Gasteiger partial charge < -0.3 is 14.9 Å². The van der Waals surface area contributed by atoms with Crippen molar-refractivity contribution in [3.05, 3.63) is 65.2 Å². The smallest absolute Gasteiger partial charge is 0.150 e. The molecular weight excluding hydrogens is 390 g/mol. The van der Waals surface area contributed by atoms with Crippen LogP contribution in [-0.2, 0) is 17.4 Å². The van der Waals surface area contributed by atoms with Gasteiger partial charge in [-0.2, -0.15) is 0 Å². The van der Waals surface area contributed by atoms with Crippen LogP contribution in [0.1, 0.15) is 12.0 Å². The Hall–Kier alpha value is -2.08. The summed E-state index contributed by atoms with van der Waals surface area (Å²) in [6.45, 7) is 1.05. The molecule has 0 heterocycles. The number of anilines is 2. The predicted octanol–water partition coefficient (Wildman–Crippen LogP) is 5.16. The molecule has 6 heteroatoms. The fraction of sp³-hybridized carbons (Fsp3) is 0.273. The number of benzene rings is 3. The van der Waals surface area contributed by atoms with Crippen LogP contribution in [0, 0.1) is 0 Å². The minimum Gasteiger partial charge on any atom is -0.388 e. The molecular formula is C22H26ClN3OS. The lowest BCUT2D eigenvalue weighted by Gasteiger charge is -2.14. The molecule has 0 amide bonds. The summed E-state index contributed by atoms with van der Waals surface area (Å²) in [5.74, 6) is 0. The number of fused-ring (bicyclic) bond motifs is 1. The highest BCUT2D eigenvalue weighted by Crippen LogP contribution is 2.29. The number of rotatable bonds is 8. The lowest BCUT2D eigenvalue weighted by atomic mass is 10.1. The van der Waals surface area contributed by atoms with Crippen LogP contribution in [0.25, 0.3) is 10.8 Å². The number of nitrogens with one attached hydrogen (secondary N) is 2. The summed E-state index contributed by atoms with van der Waals surface area (Å²) < 4.78 is 16.1. The van der Waals surface area contributed by atoms with Crippen LogP contribution in [0.15, 0.2) is 59.5 Å². The van der Waals surface area contributed by atoms with E-state index < -0.39 is 11.0 Å². The molecule has 1 atom stereocenters. The highest BCUT2D eigenvalue weighted by molar-refractivity contribution is 7.86. The molecule has 0 bridgehead atoms. The van der Waals surface area contributed by atoms with Crippen molar-refractivity contribution < 1.29 is 4.21 Å². The molecule has 3 rings (SSSR count). The second kappa shape index (κ2) is 9.41. The molecule has 0 saturated heterocycles. The standard InChI is InChI=1S/C22H26ClN3OS/c1-24-21-15-17(13-12-16(21)7-6-14-26(2)3)25-28(27)22-11-5-8-18-19(22)9-4-10-20(18)23/h4-5,8-13,15,24-25H,6-7,14H2,1-3H3.